The van der Waals surface area contributed by atoms with Gasteiger partial charge in [-0.15, -0.1) is 0 Å². The van der Waals surface area contributed by atoms with E-state index < -0.39 is 23.5 Å². The van der Waals surface area contributed by atoms with Crippen molar-refractivity contribution in [2.24, 2.45) is 5.41 Å². The largest absolute Gasteiger partial charge is 0.464 e. The minimum absolute atomic E-state index is 0.0451. The molecule has 0 aliphatic rings. The van der Waals surface area contributed by atoms with E-state index in [0.717, 1.165) is 11.8 Å². The van der Waals surface area contributed by atoms with Gasteiger partial charge >= 0.3 is 5.97 Å². The van der Waals surface area contributed by atoms with Crippen LogP contribution in [0.25, 0.3) is 0 Å². The van der Waals surface area contributed by atoms with E-state index in [1.807, 2.05) is 0 Å². The van der Waals surface area contributed by atoms with Gasteiger partial charge in [-0.2, -0.15) is 0 Å². The fraction of sp³-hybridized carbons (Fsp3) is 0.733. The van der Waals surface area contributed by atoms with Gasteiger partial charge in [-0.1, -0.05) is 32.5 Å². The number of ether oxygens (including phenoxy) is 1. The summed E-state index contributed by atoms with van der Waals surface area (Å²) in [5.41, 5.74) is -0.664. The highest BCUT2D eigenvalue weighted by Crippen LogP contribution is 2.15. The molecule has 132 valence electrons. The molecule has 0 radical (unpaired) electrons. The number of carbonyl (C=O) groups is 4. The number of thioether (sulfide) groups is 1. The molecule has 0 aliphatic heterocycles. The first-order valence-electron chi connectivity index (χ1n) is 7.40. The van der Waals surface area contributed by atoms with Crippen LogP contribution < -0.4 is 10.6 Å². The van der Waals surface area contributed by atoms with Crippen LogP contribution in [0.3, 0.4) is 0 Å². The van der Waals surface area contributed by atoms with E-state index in [0.29, 0.717) is 0 Å². The smallest absolute Gasteiger partial charge is 0.329 e. The first kappa shape index (κ1) is 21.4. The van der Waals surface area contributed by atoms with Gasteiger partial charge in [0.2, 0.25) is 16.9 Å². The van der Waals surface area contributed by atoms with Crippen molar-refractivity contribution in [1.82, 2.24) is 10.6 Å². The first-order chi connectivity index (χ1) is 10.5. The van der Waals surface area contributed by atoms with Crippen LogP contribution in [-0.4, -0.2) is 47.3 Å². The van der Waals surface area contributed by atoms with Crippen molar-refractivity contribution in [2.75, 3.05) is 12.4 Å². The summed E-state index contributed by atoms with van der Waals surface area (Å²) in [7, 11) is 0. The molecule has 2 N–H and O–H groups in total. The standard InChI is InChI=1S/C15H26N2O5S/c1-7-22-12(19)11(17-14(21)15(4,5)6)8-23-13(20)9(2)16-10(3)18/h9,11H,7-8H2,1-6H3,(H,16,18)(H,17,21). The van der Waals surface area contributed by atoms with Crippen LogP contribution in [0.15, 0.2) is 0 Å². The minimum Gasteiger partial charge on any atom is -0.464 e. The zero-order valence-electron chi connectivity index (χ0n) is 14.5. The Labute approximate surface area is 141 Å². The Morgan fingerprint density at radius 3 is 2.13 bits per heavy atom. The molecular formula is C15H26N2O5S. The normalized spacial score (nSPS) is 13.7. The molecule has 8 heteroatoms. The predicted octanol–water partition coefficient (Wildman–Crippen LogP) is 0.865. The predicted molar refractivity (Wildman–Crippen MR) is 88.8 cm³/mol. The zero-order chi connectivity index (χ0) is 18.2. The van der Waals surface area contributed by atoms with Crippen molar-refractivity contribution in [3.05, 3.63) is 0 Å². The summed E-state index contributed by atoms with van der Waals surface area (Å²) >= 11 is 0.872. The minimum atomic E-state index is -0.917. The number of esters is 1. The van der Waals surface area contributed by atoms with Gasteiger partial charge in [-0.05, 0) is 13.8 Å². The first-order valence-corrected chi connectivity index (χ1v) is 8.39. The van der Waals surface area contributed by atoms with Gasteiger partial charge in [-0.25, -0.2) is 4.79 Å². The number of nitrogens with one attached hydrogen (secondary N) is 2. The molecule has 0 rings (SSSR count). The quantitative estimate of drug-likeness (QED) is 0.663. The van der Waals surface area contributed by atoms with E-state index in [9.17, 15) is 19.2 Å². The Bertz CT molecular complexity index is 459. The van der Waals surface area contributed by atoms with Gasteiger partial charge < -0.3 is 15.4 Å². The summed E-state index contributed by atoms with van der Waals surface area (Å²) in [6.45, 7) is 9.90. The van der Waals surface area contributed by atoms with Crippen LogP contribution in [-0.2, 0) is 23.9 Å². The highest BCUT2D eigenvalue weighted by atomic mass is 32.2. The second kappa shape index (κ2) is 9.54. The second-order valence-electron chi connectivity index (χ2n) is 6.08. The Hall–Kier alpha value is -1.57. The van der Waals surface area contributed by atoms with Crippen molar-refractivity contribution in [3.8, 4) is 0 Å². The van der Waals surface area contributed by atoms with E-state index in [2.05, 4.69) is 10.6 Å². The highest BCUT2D eigenvalue weighted by molar-refractivity contribution is 8.13. The van der Waals surface area contributed by atoms with E-state index in [4.69, 9.17) is 4.74 Å². The van der Waals surface area contributed by atoms with Crippen LogP contribution >= 0.6 is 11.8 Å². The Kier molecular flexibility index (Phi) is 8.89. The zero-order valence-corrected chi connectivity index (χ0v) is 15.3. The maximum atomic E-state index is 12.0. The maximum Gasteiger partial charge on any atom is 0.329 e. The molecule has 0 aromatic carbocycles. The lowest BCUT2D eigenvalue weighted by Crippen LogP contribution is -2.48. The fourth-order valence-corrected chi connectivity index (χ4v) is 2.30. The van der Waals surface area contributed by atoms with E-state index in [1.54, 1.807) is 34.6 Å². The van der Waals surface area contributed by atoms with Crippen LogP contribution in [0, 0.1) is 5.41 Å². The maximum absolute atomic E-state index is 12.0. The van der Waals surface area contributed by atoms with E-state index >= 15 is 0 Å². The van der Waals surface area contributed by atoms with Gasteiger partial charge in [0.25, 0.3) is 0 Å². The molecule has 0 saturated carbocycles. The average Bonchev–Trinajstić information content (AvgIpc) is 2.40. The van der Waals surface area contributed by atoms with Crippen LogP contribution in [0.2, 0.25) is 0 Å². The monoisotopic (exact) mass is 346 g/mol. The molecule has 0 saturated heterocycles. The van der Waals surface area contributed by atoms with Crippen LogP contribution in [0.5, 0.6) is 0 Å². The summed E-state index contributed by atoms with van der Waals surface area (Å²) in [6, 6.07) is -1.58. The van der Waals surface area contributed by atoms with Gasteiger partial charge in [0.15, 0.2) is 0 Å². The molecule has 0 fully saturated rings. The lowest BCUT2D eigenvalue weighted by molar-refractivity contribution is -0.147. The summed E-state index contributed by atoms with van der Waals surface area (Å²) in [5.74, 6) is -1.16. The molecule has 0 aliphatic carbocycles. The topological polar surface area (TPSA) is 102 Å². The molecule has 2 amide bonds. The number of amides is 2. The van der Waals surface area contributed by atoms with Crippen molar-refractivity contribution < 1.29 is 23.9 Å². The molecule has 0 spiro atoms. The molecule has 2 atom stereocenters. The average molecular weight is 346 g/mol. The lowest BCUT2D eigenvalue weighted by atomic mass is 9.95. The van der Waals surface area contributed by atoms with Crippen molar-refractivity contribution in [2.45, 2.75) is 53.6 Å². The third kappa shape index (κ3) is 8.59. The molecular weight excluding hydrogens is 320 g/mol. The van der Waals surface area contributed by atoms with E-state index in [-0.39, 0.29) is 29.3 Å². The molecule has 0 aromatic rings. The Balaban J connectivity index is 4.77. The molecule has 0 heterocycles. The number of carbonyl (C=O) groups excluding carboxylic acids is 4. The number of rotatable bonds is 7. The summed E-state index contributed by atoms with van der Waals surface area (Å²) in [4.78, 5) is 46.8. The third-order valence-electron chi connectivity index (χ3n) is 2.72. The third-order valence-corrected chi connectivity index (χ3v) is 3.86. The second-order valence-corrected chi connectivity index (χ2v) is 7.10. The lowest BCUT2D eigenvalue weighted by Gasteiger charge is -2.23. The van der Waals surface area contributed by atoms with Crippen LogP contribution in [0.1, 0.15) is 41.5 Å². The van der Waals surface area contributed by atoms with Gasteiger partial charge in [-0.3, -0.25) is 14.4 Å². The summed E-state index contributed by atoms with van der Waals surface area (Å²) in [5, 5.41) is 4.78. The Morgan fingerprint density at radius 1 is 1.13 bits per heavy atom. The molecule has 0 bridgehead atoms. The fourth-order valence-electron chi connectivity index (χ4n) is 1.44. The molecule has 7 nitrogen and oxygen atoms in total. The van der Waals surface area contributed by atoms with Gasteiger partial charge in [0, 0.05) is 18.1 Å². The number of hydrogen-bond acceptors (Lipinski definition) is 6. The van der Waals surface area contributed by atoms with Crippen molar-refractivity contribution in [3.63, 3.8) is 0 Å². The Morgan fingerprint density at radius 2 is 1.70 bits per heavy atom. The van der Waals surface area contributed by atoms with E-state index in [1.165, 1.54) is 6.92 Å². The molecule has 0 aromatic heterocycles. The van der Waals surface area contributed by atoms with Crippen LogP contribution in [0.4, 0.5) is 0 Å². The molecule has 23 heavy (non-hydrogen) atoms. The highest BCUT2D eigenvalue weighted by Gasteiger charge is 2.29. The SMILES string of the molecule is CCOC(=O)C(CSC(=O)C(C)NC(C)=O)NC(=O)C(C)(C)C. The summed E-state index contributed by atoms with van der Waals surface area (Å²) in [6.07, 6.45) is 0. The number of hydrogen-bond donors (Lipinski definition) is 2. The van der Waals surface area contributed by atoms with Crippen molar-refractivity contribution >= 4 is 34.7 Å². The molecule has 2 unspecified atom stereocenters. The van der Waals surface area contributed by atoms with Crippen molar-refractivity contribution in [1.29, 1.82) is 0 Å². The van der Waals surface area contributed by atoms with Gasteiger partial charge in [0.1, 0.15) is 6.04 Å². The summed E-state index contributed by atoms with van der Waals surface area (Å²) < 4.78 is 4.93. The van der Waals surface area contributed by atoms with Gasteiger partial charge in [0.05, 0.1) is 12.6 Å².